The molecule has 4 heteroatoms. The summed E-state index contributed by atoms with van der Waals surface area (Å²) in [5, 5.41) is 8.95. The van der Waals surface area contributed by atoms with Crippen molar-refractivity contribution in [3.8, 4) is 0 Å². The molecule has 1 N–H and O–H groups in total. The zero-order valence-corrected chi connectivity index (χ0v) is 14.3. The van der Waals surface area contributed by atoms with Crippen molar-refractivity contribution in [3.63, 3.8) is 0 Å². The van der Waals surface area contributed by atoms with E-state index in [2.05, 4.69) is 50.2 Å². The van der Waals surface area contributed by atoms with Gasteiger partial charge in [0.15, 0.2) is 0 Å². The fourth-order valence-corrected chi connectivity index (χ4v) is 3.17. The lowest BCUT2D eigenvalue weighted by molar-refractivity contribution is 0.544. The molecule has 0 aliphatic heterocycles. The van der Waals surface area contributed by atoms with Crippen LogP contribution in [0, 0.1) is 20.8 Å². The summed E-state index contributed by atoms with van der Waals surface area (Å²) >= 11 is 6.40. The van der Waals surface area contributed by atoms with Crippen LogP contribution in [-0.4, -0.2) is 16.3 Å². The van der Waals surface area contributed by atoms with Crippen LogP contribution >= 0.6 is 11.6 Å². The van der Waals surface area contributed by atoms with Crippen molar-refractivity contribution in [1.29, 1.82) is 0 Å². The maximum Gasteiger partial charge on any atom is 0.0644 e. The second kappa shape index (κ2) is 6.63. The van der Waals surface area contributed by atoms with Crippen LogP contribution in [0.1, 0.15) is 41.0 Å². The van der Waals surface area contributed by atoms with E-state index in [0.717, 1.165) is 23.7 Å². The molecule has 0 amide bonds. The molecule has 0 spiro atoms. The Balaban J connectivity index is 2.35. The second-order valence-electron chi connectivity index (χ2n) is 5.62. The molecule has 2 aromatic rings. The van der Waals surface area contributed by atoms with Gasteiger partial charge in [-0.25, -0.2) is 0 Å². The molecular weight excluding hydrogens is 282 g/mol. The largest absolute Gasteiger partial charge is 0.310 e. The normalized spacial score (nSPS) is 12.7. The summed E-state index contributed by atoms with van der Waals surface area (Å²) in [6.07, 6.45) is 0.875. The highest BCUT2D eigenvalue weighted by atomic mass is 35.5. The molecule has 1 atom stereocenters. The Bertz CT molecular complexity index is 631. The van der Waals surface area contributed by atoms with E-state index in [1.54, 1.807) is 0 Å². The SMILES string of the molecule is CCNC(Cc1ccc(C)cc1Cl)c1c(C)nn(C)c1C. The molecule has 114 valence electrons. The minimum Gasteiger partial charge on any atom is -0.310 e. The Morgan fingerprint density at radius 3 is 2.52 bits per heavy atom. The van der Waals surface area contributed by atoms with E-state index in [0.29, 0.717) is 0 Å². The first-order valence-electron chi connectivity index (χ1n) is 7.42. The van der Waals surface area contributed by atoms with Crippen molar-refractivity contribution in [3.05, 3.63) is 51.3 Å². The summed E-state index contributed by atoms with van der Waals surface area (Å²) in [6.45, 7) is 9.30. The zero-order valence-electron chi connectivity index (χ0n) is 13.5. The summed E-state index contributed by atoms with van der Waals surface area (Å²) in [5.41, 5.74) is 5.95. The van der Waals surface area contributed by atoms with Gasteiger partial charge in [-0.1, -0.05) is 30.7 Å². The Kier molecular flexibility index (Phi) is 5.07. The Labute approximate surface area is 132 Å². The Morgan fingerprint density at radius 1 is 1.29 bits per heavy atom. The van der Waals surface area contributed by atoms with Crippen LogP contribution in [0.25, 0.3) is 0 Å². The van der Waals surface area contributed by atoms with Crippen molar-refractivity contribution in [2.75, 3.05) is 6.54 Å². The monoisotopic (exact) mass is 305 g/mol. The van der Waals surface area contributed by atoms with Gasteiger partial charge in [0.2, 0.25) is 0 Å². The summed E-state index contributed by atoms with van der Waals surface area (Å²) in [4.78, 5) is 0. The first-order chi connectivity index (χ1) is 9.93. The average molecular weight is 306 g/mol. The van der Waals surface area contributed by atoms with E-state index >= 15 is 0 Å². The molecule has 0 fully saturated rings. The van der Waals surface area contributed by atoms with Gasteiger partial charge in [-0.15, -0.1) is 0 Å². The number of halogens is 1. The summed E-state index contributed by atoms with van der Waals surface area (Å²) in [5.74, 6) is 0. The maximum atomic E-state index is 6.40. The molecule has 1 unspecified atom stereocenters. The first-order valence-corrected chi connectivity index (χ1v) is 7.80. The standard InChI is InChI=1S/C17H24ClN3/c1-6-19-16(17-12(3)20-21(5)13(17)4)10-14-8-7-11(2)9-15(14)18/h7-9,16,19H,6,10H2,1-5H3. The van der Waals surface area contributed by atoms with Crippen LogP contribution in [0.2, 0.25) is 5.02 Å². The molecule has 0 bridgehead atoms. The maximum absolute atomic E-state index is 6.40. The quantitative estimate of drug-likeness (QED) is 0.908. The van der Waals surface area contributed by atoms with Crippen molar-refractivity contribution in [2.24, 2.45) is 7.05 Å². The number of rotatable bonds is 5. The lowest BCUT2D eigenvalue weighted by Gasteiger charge is -2.20. The number of nitrogens with zero attached hydrogens (tertiary/aromatic N) is 2. The molecule has 1 heterocycles. The lowest BCUT2D eigenvalue weighted by Crippen LogP contribution is -2.24. The molecular formula is C17H24ClN3. The van der Waals surface area contributed by atoms with Gasteiger partial charge in [0.05, 0.1) is 5.69 Å². The fraction of sp³-hybridized carbons (Fsp3) is 0.471. The van der Waals surface area contributed by atoms with Gasteiger partial charge in [0.25, 0.3) is 0 Å². The molecule has 0 saturated carbocycles. The highest BCUT2D eigenvalue weighted by Crippen LogP contribution is 2.28. The van der Waals surface area contributed by atoms with Gasteiger partial charge in [-0.2, -0.15) is 5.10 Å². The summed E-state index contributed by atoms with van der Waals surface area (Å²) in [6, 6.07) is 6.52. The number of likely N-dealkylation sites (N-methyl/N-ethyl adjacent to an activating group) is 1. The van der Waals surface area contributed by atoms with Gasteiger partial charge in [-0.3, -0.25) is 4.68 Å². The third kappa shape index (κ3) is 3.47. The topological polar surface area (TPSA) is 29.9 Å². The summed E-state index contributed by atoms with van der Waals surface area (Å²) < 4.78 is 1.95. The second-order valence-corrected chi connectivity index (χ2v) is 6.02. The minimum absolute atomic E-state index is 0.240. The molecule has 0 radical (unpaired) electrons. The average Bonchev–Trinajstić information content (AvgIpc) is 2.66. The number of aryl methyl sites for hydroxylation is 3. The molecule has 1 aromatic heterocycles. The molecule has 1 aromatic carbocycles. The molecule has 0 aliphatic carbocycles. The molecule has 3 nitrogen and oxygen atoms in total. The third-order valence-corrected chi connectivity index (χ3v) is 4.35. The van der Waals surface area contributed by atoms with Crippen molar-refractivity contribution in [2.45, 2.75) is 40.2 Å². The van der Waals surface area contributed by atoms with Crippen LogP contribution < -0.4 is 5.32 Å². The fourth-order valence-electron chi connectivity index (χ4n) is 2.85. The Morgan fingerprint density at radius 2 is 2.00 bits per heavy atom. The van der Waals surface area contributed by atoms with Crippen LogP contribution in [-0.2, 0) is 13.5 Å². The van der Waals surface area contributed by atoms with Gasteiger partial charge >= 0.3 is 0 Å². The number of benzene rings is 1. The highest BCUT2D eigenvalue weighted by Gasteiger charge is 2.20. The smallest absolute Gasteiger partial charge is 0.0644 e. The van der Waals surface area contributed by atoms with Crippen LogP contribution in [0.5, 0.6) is 0 Å². The van der Waals surface area contributed by atoms with Crippen LogP contribution in [0.3, 0.4) is 0 Å². The van der Waals surface area contributed by atoms with E-state index in [-0.39, 0.29) is 6.04 Å². The van der Waals surface area contributed by atoms with E-state index in [1.807, 2.05) is 17.8 Å². The lowest BCUT2D eigenvalue weighted by atomic mass is 9.96. The van der Waals surface area contributed by atoms with Gasteiger partial charge in [0, 0.05) is 29.4 Å². The van der Waals surface area contributed by atoms with E-state index in [9.17, 15) is 0 Å². The van der Waals surface area contributed by atoms with Gasteiger partial charge in [0.1, 0.15) is 0 Å². The van der Waals surface area contributed by atoms with Crippen molar-refractivity contribution < 1.29 is 0 Å². The molecule has 21 heavy (non-hydrogen) atoms. The molecule has 2 rings (SSSR count). The zero-order chi connectivity index (χ0) is 15.6. The van der Waals surface area contributed by atoms with E-state index in [1.165, 1.54) is 22.4 Å². The van der Waals surface area contributed by atoms with Crippen LogP contribution in [0.4, 0.5) is 0 Å². The van der Waals surface area contributed by atoms with Gasteiger partial charge in [-0.05, 0) is 50.9 Å². The Hall–Kier alpha value is -1.32. The van der Waals surface area contributed by atoms with Gasteiger partial charge < -0.3 is 5.32 Å². The molecule has 0 saturated heterocycles. The number of hydrogen-bond acceptors (Lipinski definition) is 2. The number of hydrogen-bond donors (Lipinski definition) is 1. The number of aromatic nitrogens is 2. The highest BCUT2D eigenvalue weighted by molar-refractivity contribution is 6.31. The predicted octanol–water partition coefficient (Wildman–Crippen LogP) is 3.89. The summed E-state index contributed by atoms with van der Waals surface area (Å²) in [7, 11) is 1.99. The first kappa shape index (κ1) is 16.1. The number of nitrogens with one attached hydrogen (secondary N) is 1. The van der Waals surface area contributed by atoms with E-state index < -0.39 is 0 Å². The predicted molar refractivity (Wildman–Crippen MR) is 89.0 cm³/mol. The van der Waals surface area contributed by atoms with Crippen molar-refractivity contribution >= 4 is 11.6 Å². The minimum atomic E-state index is 0.240. The van der Waals surface area contributed by atoms with E-state index in [4.69, 9.17) is 11.6 Å². The van der Waals surface area contributed by atoms with Crippen LogP contribution in [0.15, 0.2) is 18.2 Å². The van der Waals surface area contributed by atoms with Crippen molar-refractivity contribution in [1.82, 2.24) is 15.1 Å². The molecule has 0 aliphatic rings. The third-order valence-electron chi connectivity index (χ3n) is 4.00.